The highest BCUT2D eigenvalue weighted by molar-refractivity contribution is 6.34. The molecule has 0 unspecified atom stereocenters. The summed E-state index contributed by atoms with van der Waals surface area (Å²) in [5.41, 5.74) is -0.383. The second-order valence-electron chi connectivity index (χ2n) is 3.88. The number of rotatable bonds is 3. The van der Waals surface area contributed by atoms with Crippen molar-refractivity contribution in [2.24, 2.45) is 0 Å². The van der Waals surface area contributed by atoms with E-state index in [1.54, 1.807) is 0 Å². The van der Waals surface area contributed by atoms with E-state index in [9.17, 15) is 13.2 Å². The Bertz CT molecular complexity index is 617. The number of hydrogen-bond donors (Lipinski definition) is 0. The second-order valence-corrected chi connectivity index (χ2v) is 4.68. The van der Waals surface area contributed by atoms with Gasteiger partial charge in [0.2, 0.25) is 0 Å². The van der Waals surface area contributed by atoms with Crippen molar-refractivity contribution in [3.8, 4) is 5.75 Å². The molecule has 1 aromatic carbocycles. The summed E-state index contributed by atoms with van der Waals surface area (Å²) < 4.78 is 43.5. The molecule has 0 saturated carbocycles. The SMILES string of the molecule is FC(F)(F)c1ccccc1OCc1cnc(Cl)cc1Cl. The van der Waals surface area contributed by atoms with Gasteiger partial charge in [0.25, 0.3) is 0 Å². The van der Waals surface area contributed by atoms with Gasteiger partial charge in [-0.05, 0) is 18.2 Å². The third-order valence-electron chi connectivity index (χ3n) is 2.47. The molecule has 7 heteroatoms. The smallest absolute Gasteiger partial charge is 0.419 e. The van der Waals surface area contributed by atoms with E-state index in [0.717, 1.165) is 6.07 Å². The first-order chi connectivity index (χ1) is 9.38. The fourth-order valence-electron chi connectivity index (χ4n) is 1.52. The first kappa shape index (κ1) is 14.9. The zero-order valence-electron chi connectivity index (χ0n) is 9.92. The van der Waals surface area contributed by atoms with Gasteiger partial charge in [-0.3, -0.25) is 0 Å². The molecule has 2 nitrogen and oxygen atoms in total. The highest BCUT2D eigenvalue weighted by atomic mass is 35.5. The van der Waals surface area contributed by atoms with E-state index in [2.05, 4.69) is 4.98 Å². The summed E-state index contributed by atoms with van der Waals surface area (Å²) in [6.45, 7) is -0.129. The molecule has 0 atom stereocenters. The van der Waals surface area contributed by atoms with Gasteiger partial charge in [0, 0.05) is 11.8 Å². The summed E-state index contributed by atoms with van der Waals surface area (Å²) in [5, 5.41) is 0.490. The number of ether oxygens (including phenoxy) is 1. The van der Waals surface area contributed by atoms with Gasteiger partial charge in [-0.1, -0.05) is 35.3 Å². The van der Waals surface area contributed by atoms with E-state index in [-0.39, 0.29) is 22.5 Å². The molecule has 2 aromatic rings. The predicted octanol–water partition coefficient (Wildman–Crippen LogP) is 4.99. The van der Waals surface area contributed by atoms with Crippen LogP contribution >= 0.6 is 23.2 Å². The Morgan fingerprint density at radius 3 is 2.50 bits per heavy atom. The minimum Gasteiger partial charge on any atom is -0.488 e. The van der Waals surface area contributed by atoms with E-state index in [1.807, 2.05) is 0 Å². The van der Waals surface area contributed by atoms with Crippen molar-refractivity contribution in [2.75, 3.05) is 0 Å². The molecule has 0 aliphatic rings. The molecular weight excluding hydrogens is 314 g/mol. The maximum atomic E-state index is 12.8. The van der Waals surface area contributed by atoms with Crippen LogP contribution in [0.15, 0.2) is 36.5 Å². The van der Waals surface area contributed by atoms with Crippen LogP contribution in [0.25, 0.3) is 0 Å². The molecule has 0 N–H and O–H groups in total. The van der Waals surface area contributed by atoms with E-state index in [0.29, 0.717) is 5.56 Å². The van der Waals surface area contributed by atoms with E-state index < -0.39 is 11.7 Å². The van der Waals surface area contributed by atoms with Crippen LogP contribution in [0.4, 0.5) is 13.2 Å². The zero-order valence-corrected chi connectivity index (χ0v) is 11.4. The number of para-hydroxylation sites is 1. The number of pyridine rings is 1. The first-order valence-electron chi connectivity index (χ1n) is 5.47. The topological polar surface area (TPSA) is 22.1 Å². The Kier molecular flexibility index (Phi) is 4.40. The Morgan fingerprint density at radius 1 is 1.15 bits per heavy atom. The average Bonchev–Trinajstić information content (AvgIpc) is 2.37. The first-order valence-corrected chi connectivity index (χ1v) is 6.22. The molecule has 0 bridgehead atoms. The number of aromatic nitrogens is 1. The van der Waals surface area contributed by atoms with E-state index in [4.69, 9.17) is 27.9 Å². The quantitative estimate of drug-likeness (QED) is 0.743. The van der Waals surface area contributed by atoms with Crippen LogP contribution in [0.2, 0.25) is 10.2 Å². The summed E-state index contributed by atoms with van der Waals surface area (Å²) in [6.07, 6.45) is -3.11. The summed E-state index contributed by atoms with van der Waals surface area (Å²) in [5.74, 6) is -0.258. The number of alkyl halides is 3. The molecule has 0 aliphatic carbocycles. The predicted molar refractivity (Wildman–Crippen MR) is 70.0 cm³/mol. The largest absolute Gasteiger partial charge is 0.488 e. The molecule has 1 heterocycles. The average molecular weight is 322 g/mol. The maximum Gasteiger partial charge on any atom is 0.419 e. The minimum atomic E-state index is -4.47. The molecule has 0 radical (unpaired) electrons. The molecule has 2 rings (SSSR count). The van der Waals surface area contributed by atoms with Crippen LogP contribution in [0, 0.1) is 0 Å². The van der Waals surface area contributed by atoms with Crippen molar-refractivity contribution in [1.82, 2.24) is 4.98 Å². The third-order valence-corrected chi connectivity index (χ3v) is 3.03. The number of hydrogen-bond acceptors (Lipinski definition) is 2. The Balaban J connectivity index is 2.19. The minimum absolute atomic E-state index is 0.129. The lowest BCUT2D eigenvalue weighted by Crippen LogP contribution is -2.08. The monoisotopic (exact) mass is 321 g/mol. The summed E-state index contributed by atoms with van der Waals surface area (Å²) in [6, 6.07) is 6.37. The van der Waals surface area contributed by atoms with Crippen molar-refractivity contribution < 1.29 is 17.9 Å². The third kappa shape index (κ3) is 3.55. The van der Waals surface area contributed by atoms with Gasteiger partial charge in [0.05, 0.1) is 10.6 Å². The van der Waals surface area contributed by atoms with Gasteiger partial charge in [0.1, 0.15) is 17.5 Å². The van der Waals surface area contributed by atoms with Crippen LogP contribution in [-0.2, 0) is 12.8 Å². The fourth-order valence-corrected chi connectivity index (χ4v) is 1.94. The summed E-state index contributed by atoms with van der Waals surface area (Å²) in [7, 11) is 0. The van der Waals surface area contributed by atoms with Gasteiger partial charge in [0.15, 0.2) is 0 Å². The van der Waals surface area contributed by atoms with Gasteiger partial charge in [-0.25, -0.2) is 4.98 Å². The molecule has 0 fully saturated rings. The van der Waals surface area contributed by atoms with Crippen molar-refractivity contribution in [3.63, 3.8) is 0 Å². The molecule has 0 saturated heterocycles. The molecule has 1 aromatic heterocycles. The molecule has 106 valence electrons. The lowest BCUT2D eigenvalue weighted by molar-refractivity contribution is -0.139. The standard InChI is InChI=1S/C13H8Cl2F3NO/c14-10-5-12(15)19-6-8(10)7-20-11-4-2-1-3-9(11)13(16,17)18/h1-6H,7H2. The van der Waals surface area contributed by atoms with Gasteiger partial charge >= 0.3 is 6.18 Å². The Morgan fingerprint density at radius 2 is 1.85 bits per heavy atom. The summed E-state index contributed by atoms with van der Waals surface area (Å²) >= 11 is 11.5. The molecular formula is C13H8Cl2F3NO. The lowest BCUT2D eigenvalue weighted by atomic mass is 10.2. The van der Waals surface area contributed by atoms with Crippen molar-refractivity contribution in [2.45, 2.75) is 12.8 Å². The molecule has 0 spiro atoms. The molecule has 0 amide bonds. The van der Waals surface area contributed by atoms with E-state index >= 15 is 0 Å². The molecule has 0 aliphatic heterocycles. The van der Waals surface area contributed by atoms with Gasteiger partial charge < -0.3 is 4.74 Å². The zero-order chi connectivity index (χ0) is 14.8. The highest BCUT2D eigenvalue weighted by Gasteiger charge is 2.34. The van der Waals surface area contributed by atoms with Crippen LogP contribution in [0.1, 0.15) is 11.1 Å². The fraction of sp³-hybridized carbons (Fsp3) is 0.154. The van der Waals surface area contributed by atoms with Crippen molar-refractivity contribution in [1.29, 1.82) is 0 Å². The van der Waals surface area contributed by atoms with Crippen LogP contribution in [-0.4, -0.2) is 4.98 Å². The number of benzene rings is 1. The Labute approximate surface area is 123 Å². The van der Waals surface area contributed by atoms with Crippen LogP contribution < -0.4 is 4.74 Å². The van der Waals surface area contributed by atoms with E-state index in [1.165, 1.54) is 30.5 Å². The number of nitrogens with zero attached hydrogens (tertiary/aromatic N) is 1. The Hall–Kier alpha value is -1.46. The van der Waals surface area contributed by atoms with Crippen molar-refractivity contribution >= 4 is 23.2 Å². The maximum absolute atomic E-state index is 12.8. The normalized spacial score (nSPS) is 11.4. The highest BCUT2D eigenvalue weighted by Crippen LogP contribution is 2.36. The van der Waals surface area contributed by atoms with Crippen LogP contribution in [0.3, 0.4) is 0 Å². The van der Waals surface area contributed by atoms with Crippen molar-refractivity contribution in [3.05, 3.63) is 57.8 Å². The lowest BCUT2D eigenvalue weighted by Gasteiger charge is -2.14. The number of halogens is 5. The van der Waals surface area contributed by atoms with Gasteiger partial charge in [-0.2, -0.15) is 13.2 Å². The molecule has 20 heavy (non-hydrogen) atoms. The summed E-state index contributed by atoms with van der Waals surface area (Å²) in [4.78, 5) is 3.80. The van der Waals surface area contributed by atoms with Crippen LogP contribution in [0.5, 0.6) is 5.75 Å². The second kappa shape index (κ2) is 5.89. The van der Waals surface area contributed by atoms with Gasteiger partial charge in [-0.15, -0.1) is 0 Å².